The van der Waals surface area contributed by atoms with Gasteiger partial charge in [-0.25, -0.2) is 4.39 Å². The molecule has 5 rings (SSSR count). The van der Waals surface area contributed by atoms with Crippen LogP contribution in [0.25, 0.3) is 11.1 Å². The van der Waals surface area contributed by atoms with Crippen LogP contribution in [-0.2, 0) is 17.6 Å². The maximum absolute atomic E-state index is 13.4. The van der Waals surface area contributed by atoms with Crippen LogP contribution in [-0.4, -0.2) is 37.3 Å². The Balaban J connectivity index is 1.13. The SMILES string of the molecule is CCc1ccc(OCC(=O)N2CCC(CCc3ccc4c(c3)OCO4)CC2)c(-c2ccc(F)cc2)c1. The highest BCUT2D eigenvalue weighted by Gasteiger charge is 2.23. The summed E-state index contributed by atoms with van der Waals surface area (Å²) in [4.78, 5) is 14.8. The molecule has 0 spiro atoms. The Labute approximate surface area is 211 Å². The molecule has 0 bridgehead atoms. The summed E-state index contributed by atoms with van der Waals surface area (Å²) in [6, 6.07) is 18.5. The number of rotatable bonds is 8. The molecule has 2 aliphatic heterocycles. The highest BCUT2D eigenvalue weighted by molar-refractivity contribution is 5.78. The van der Waals surface area contributed by atoms with Crippen LogP contribution in [0.15, 0.2) is 60.7 Å². The van der Waals surface area contributed by atoms with Gasteiger partial charge < -0.3 is 19.1 Å². The molecule has 3 aromatic rings. The topological polar surface area (TPSA) is 48.0 Å². The lowest BCUT2D eigenvalue weighted by Crippen LogP contribution is -2.41. The van der Waals surface area contributed by atoms with Gasteiger partial charge in [-0.3, -0.25) is 4.79 Å². The fraction of sp³-hybridized carbons (Fsp3) is 0.367. The number of benzene rings is 3. The van der Waals surface area contributed by atoms with Gasteiger partial charge in [-0.1, -0.05) is 31.2 Å². The Bertz CT molecular complexity index is 1200. The fourth-order valence-electron chi connectivity index (χ4n) is 4.95. The van der Waals surface area contributed by atoms with E-state index in [1.54, 1.807) is 12.1 Å². The Morgan fingerprint density at radius 2 is 1.72 bits per heavy atom. The molecule has 0 radical (unpaired) electrons. The van der Waals surface area contributed by atoms with Gasteiger partial charge in [0.1, 0.15) is 11.6 Å². The van der Waals surface area contributed by atoms with Crippen molar-refractivity contribution < 1.29 is 23.4 Å². The molecule has 2 aliphatic rings. The molecule has 1 amide bonds. The van der Waals surface area contributed by atoms with Crippen molar-refractivity contribution in [1.29, 1.82) is 0 Å². The average molecular weight is 490 g/mol. The third kappa shape index (κ3) is 5.64. The largest absolute Gasteiger partial charge is 0.483 e. The zero-order valence-electron chi connectivity index (χ0n) is 20.7. The molecular weight excluding hydrogens is 457 g/mol. The van der Waals surface area contributed by atoms with E-state index in [-0.39, 0.29) is 18.3 Å². The van der Waals surface area contributed by atoms with Gasteiger partial charge in [-0.2, -0.15) is 0 Å². The standard InChI is InChI=1S/C30H32FNO4/c1-2-21-5-11-27(26(17-21)24-7-9-25(31)10-8-24)34-19-30(33)32-15-13-22(14-16-32)3-4-23-6-12-28-29(18-23)36-20-35-28/h5-12,17-18,22H,2-4,13-16,19-20H2,1H3. The van der Waals surface area contributed by atoms with Crippen LogP contribution in [0.2, 0.25) is 0 Å². The average Bonchev–Trinajstić information content (AvgIpc) is 3.39. The van der Waals surface area contributed by atoms with Crippen molar-refractivity contribution in [3.8, 4) is 28.4 Å². The highest BCUT2D eigenvalue weighted by atomic mass is 19.1. The molecule has 188 valence electrons. The quantitative estimate of drug-likeness (QED) is 0.387. The number of halogens is 1. The Morgan fingerprint density at radius 1 is 0.972 bits per heavy atom. The first-order chi connectivity index (χ1) is 17.6. The molecule has 36 heavy (non-hydrogen) atoms. The number of hydrogen-bond acceptors (Lipinski definition) is 4. The van der Waals surface area contributed by atoms with E-state index in [0.717, 1.165) is 73.4 Å². The molecule has 0 unspecified atom stereocenters. The lowest BCUT2D eigenvalue weighted by molar-refractivity contribution is -0.134. The van der Waals surface area contributed by atoms with E-state index < -0.39 is 0 Å². The van der Waals surface area contributed by atoms with Crippen molar-refractivity contribution in [3.63, 3.8) is 0 Å². The molecule has 1 fully saturated rings. The zero-order chi connectivity index (χ0) is 24.9. The van der Waals surface area contributed by atoms with E-state index in [0.29, 0.717) is 18.5 Å². The Hall–Kier alpha value is -3.54. The third-order valence-corrected chi connectivity index (χ3v) is 7.20. The number of piperidine rings is 1. The molecule has 0 aliphatic carbocycles. The van der Waals surface area contributed by atoms with Gasteiger partial charge in [0.25, 0.3) is 5.91 Å². The van der Waals surface area contributed by atoms with E-state index in [2.05, 4.69) is 25.1 Å². The second-order valence-electron chi connectivity index (χ2n) is 9.53. The van der Waals surface area contributed by atoms with E-state index in [4.69, 9.17) is 14.2 Å². The number of carbonyl (C=O) groups is 1. The van der Waals surface area contributed by atoms with Gasteiger partial charge in [0.15, 0.2) is 18.1 Å². The Morgan fingerprint density at radius 3 is 2.50 bits per heavy atom. The summed E-state index contributed by atoms with van der Waals surface area (Å²) >= 11 is 0. The van der Waals surface area contributed by atoms with Crippen molar-refractivity contribution in [2.75, 3.05) is 26.5 Å². The van der Waals surface area contributed by atoms with Crippen molar-refractivity contribution in [3.05, 3.63) is 77.6 Å². The summed E-state index contributed by atoms with van der Waals surface area (Å²) < 4.78 is 30.3. The molecule has 0 N–H and O–H groups in total. The minimum atomic E-state index is -0.276. The summed E-state index contributed by atoms with van der Waals surface area (Å²) in [6.45, 7) is 3.90. The smallest absolute Gasteiger partial charge is 0.260 e. The molecule has 0 saturated carbocycles. The highest BCUT2D eigenvalue weighted by Crippen LogP contribution is 2.34. The molecular formula is C30H32FNO4. The summed E-state index contributed by atoms with van der Waals surface area (Å²) in [6.07, 6.45) is 4.99. The monoisotopic (exact) mass is 489 g/mol. The lowest BCUT2D eigenvalue weighted by Gasteiger charge is -2.32. The Kier molecular flexibility index (Phi) is 7.40. The maximum atomic E-state index is 13.4. The van der Waals surface area contributed by atoms with Crippen LogP contribution in [0.1, 0.15) is 37.3 Å². The summed E-state index contributed by atoms with van der Waals surface area (Å²) in [5, 5.41) is 0. The summed E-state index contributed by atoms with van der Waals surface area (Å²) in [5.41, 5.74) is 4.18. The minimum absolute atomic E-state index is 0.00152. The van der Waals surface area contributed by atoms with Crippen molar-refractivity contribution >= 4 is 5.91 Å². The number of hydrogen-bond donors (Lipinski definition) is 0. The predicted octanol–water partition coefficient (Wildman–Crippen LogP) is 6.03. The van der Waals surface area contributed by atoms with Crippen molar-refractivity contribution in [2.45, 2.75) is 39.0 Å². The van der Waals surface area contributed by atoms with Gasteiger partial charge in [0.2, 0.25) is 6.79 Å². The van der Waals surface area contributed by atoms with Crippen molar-refractivity contribution in [1.82, 2.24) is 4.90 Å². The van der Waals surface area contributed by atoms with E-state index >= 15 is 0 Å². The molecule has 0 aromatic heterocycles. The molecule has 3 aromatic carbocycles. The maximum Gasteiger partial charge on any atom is 0.260 e. The minimum Gasteiger partial charge on any atom is -0.483 e. The summed E-state index contributed by atoms with van der Waals surface area (Å²) in [7, 11) is 0. The number of likely N-dealkylation sites (tertiary alicyclic amines) is 1. The molecule has 6 heteroatoms. The van der Waals surface area contributed by atoms with Crippen molar-refractivity contribution in [2.24, 2.45) is 5.92 Å². The van der Waals surface area contributed by atoms with Crippen LogP contribution >= 0.6 is 0 Å². The zero-order valence-corrected chi connectivity index (χ0v) is 20.7. The number of ether oxygens (including phenoxy) is 3. The first kappa shape index (κ1) is 24.2. The van der Waals surface area contributed by atoms with E-state index in [9.17, 15) is 9.18 Å². The third-order valence-electron chi connectivity index (χ3n) is 7.20. The fourth-order valence-corrected chi connectivity index (χ4v) is 4.95. The number of fused-ring (bicyclic) bond motifs is 1. The normalized spacial score (nSPS) is 15.2. The van der Waals surface area contributed by atoms with Gasteiger partial charge in [0, 0.05) is 18.7 Å². The molecule has 0 atom stereocenters. The second kappa shape index (κ2) is 11.0. The molecule has 2 heterocycles. The van der Waals surface area contributed by atoms with Gasteiger partial charge in [-0.15, -0.1) is 0 Å². The second-order valence-corrected chi connectivity index (χ2v) is 9.53. The van der Waals surface area contributed by atoms with Crippen LogP contribution in [0.5, 0.6) is 17.2 Å². The first-order valence-electron chi connectivity index (χ1n) is 12.8. The molecule has 1 saturated heterocycles. The number of carbonyl (C=O) groups excluding carboxylic acids is 1. The summed E-state index contributed by atoms with van der Waals surface area (Å²) in [5.74, 6) is 2.63. The van der Waals surface area contributed by atoms with Gasteiger partial charge in [0.05, 0.1) is 0 Å². The predicted molar refractivity (Wildman–Crippen MR) is 137 cm³/mol. The van der Waals surface area contributed by atoms with Crippen LogP contribution < -0.4 is 14.2 Å². The lowest BCUT2D eigenvalue weighted by atomic mass is 9.90. The number of nitrogens with zero attached hydrogens (tertiary/aromatic N) is 1. The van der Waals surface area contributed by atoms with E-state index in [1.165, 1.54) is 17.7 Å². The van der Waals surface area contributed by atoms with Gasteiger partial charge in [-0.05, 0) is 91.1 Å². The van der Waals surface area contributed by atoms with E-state index in [1.807, 2.05) is 23.1 Å². The van der Waals surface area contributed by atoms with Crippen LogP contribution in [0.4, 0.5) is 4.39 Å². The number of aryl methyl sites for hydroxylation is 2. The van der Waals surface area contributed by atoms with Crippen LogP contribution in [0, 0.1) is 11.7 Å². The van der Waals surface area contributed by atoms with Gasteiger partial charge >= 0.3 is 0 Å². The first-order valence-corrected chi connectivity index (χ1v) is 12.8. The molecule has 5 nitrogen and oxygen atoms in total. The number of amides is 1. The van der Waals surface area contributed by atoms with Crippen LogP contribution in [0.3, 0.4) is 0 Å².